The Kier molecular flexibility index (Phi) is 4.89. The number of esters is 1. The van der Waals surface area contributed by atoms with Crippen LogP contribution in [0, 0.1) is 6.92 Å². The number of thiazole rings is 1. The van der Waals surface area contributed by atoms with E-state index in [1.807, 2.05) is 12.3 Å². The molecule has 1 aliphatic rings. The summed E-state index contributed by atoms with van der Waals surface area (Å²) in [5, 5.41) is 2.86. The highest BCUT2D eigenvalue weighted by atomic mass is 32.1. The van der Waals surface area contributed by atoms with Gasteiger partial charge < -0.3 is 9.64 Å². The lowest BCUT2D eigenvalue weighted by atomic mass is 10.2. The number of rotatable bonds is 4. The Morgan fingerprint density at radius 3 is 3.05 bits per heavy atom. The van der Waals surface area contributed by atoms with E-state index in [-0.39, 0.29) is 11.9 Å². The predicted molar refractivity (Wildman–Crippen MR) is 77.3 cm³/mol. The van der Waals surface area contributed by atoms with Crippen molar-refractivity contribution in [3.8, 4) is 0 Å². The molecule has 1 saturated heterocycles. The van der Waals surface area contributed by atoms with Gasteiger partial charge >= 0.3 is 5.97 Å². The zero-order chi connectivity index (χ0) is 14.5. The van der Waals surface area contributed by atoms with E-state index in [9.17, 15) is 9.59 Å². The summed E-state index contributed by atoms with van der Waals surface area (Å²) in [5.74, 6) is -0.470. The van der Waals surface area contributed by atoms with Crippen molar-refractivity contribution in [1.29, 1.82) is 0 Å². The molecule has 1 fully saturated rings. The molecule has 0 spiro atoms. The minimum Gasteiger partial charge on any atom is -0.464 e. The van der Waals surface area contributed by atoms with E-state index < -0.39 is 6.04 Å². The summed E-state index contributed by atoms with van der Waals surface area (Å²) >= 11 is 1.54. The van der Waals surface area contributed by atoms with Crippen molar-refractivity contribution in [1.82, 2.24) is 9.88 Å². The fourth-order valence-electron chi connectivity index (χ4n) is 2.22. The maximum atomic E-state index is 12.2. The van der Waals surface area contributed by atoms with Crippen molar-refractivity contribution in [2.24, 2.45) is 0 Å². The van der Waals surface area contributed by atoms with Crippen LogP contribution in [0.5, 0.6) is 0 Å². The van der Waals surface area contributed by atoms with Gasteiger partial charge in [0.05, 0.1) is 17.3 Å². The van der Waals surface area contributed by atoms with Gasteiger partial charge in [-0.3, -0.25) is 4.79 Å². The average Bonchev–Trinajstić information content (AvgIpc) is 3.05. The quantitative estimate of drug-likeness (QED) is 0.629. The number of hydrogen-bond donors (Lipinski definition) is 0. The lowest BCUT2D eigenvalue weighted by Crippen LogP contribution is -2.40. The first-order valence-electron chi connectivity index (χ1n) is 6.69. The summed E-state index contributed by atoms with van der Waals surface area (Å²) in [6, 6.07) is -0.440. The van der Waals surface area contributed by atoms with Crippen molar-refractivity contribution in [3.63, 3.8) is 0 Å². The largest absolute Gasteiger partial charge is 0.464 e. The average molecular weight is 294 g/mol. The van der Waals surface area contributed by atoms with Gasteiger partial charge in [0.1, 0.15) is 6.04 Å². The standard InChI is InChI=1S/C14H18N2O3S/c1-3-19-14(18)12-5-4-8-16(12)13(17)7-6-11-9-20-10(2)15-11/h6-7,9,12H,3-5,8H2,1-2H3. The first kappa shape index (κ1) is 14.7. The highest BCUT2D eigenvalue weighted by molar-refractivity contribution is 7.09. The highest BCUT2D eigenvalue weighted by Crippen LogP contribution is 2.19. The molecule has 1 aromatic heterocycles. The lowest BCUT2D eigenvalue weighted by molar-refractivity contribution is -0.151. The van der Waals surface area contributed by atoms with Crippen molar-refractivity contribution in [3.05, 3.63) is 22.2 Å². The van der Waals surface area contributed by atoms with Crippen LogP contribution in [0.15, 0.2) is 11.5 Å². The van der Waals surface area contributed by atoms with E-state index in [4.69, 9.17) is 4.74 Å². The van der Waals surface area contributed by atoms with Gasteiger partial charge in [-0.1, -0.05) is 0 Å². The summed E-state index contributed by atoms with van der Waals surface area (Å²) in [6.07, 6.45) is 4.67. The number of ether oxygens (including phenoxy) is 1. The van der Waals surface area contributed by atoms with Crippen LogP contribution in [0.1, 0.15) is 30.5 Å². The first-order chi connectivity index (χ1) is 9.61. The molecule has 1 aliphatic heterocycles. The predicted octanol–water partition coefficient (Wildman–Crippen LogP) is 2.02. The Labute approximate surface area is 122 Å². The van der Waals surface area contributed by atoms with Gasteiger partial charge in [0.2, 0.25) is 5.91 Å². The third-order valence-electron chi connectivity index (χ3n) is 3.13. The van der Waals surface area contributed by atoms with Crippen LogP contribution in [0.25, 0.3) is 6.08 Å². The third kappa shape index (κ3) is 3.45. The molecule has 0 N–H and O–H groups in total. The number of carbonyl (C=O) groups is 2. The number of likely N-dealkylation sites (tertiary alicyclic amines) is 1. The van der Waals surface area contributed by atoms with Crippen LogP contribution >= 0.6 is 11.3 Å². The Hall–Kier alpha value is -1.69. The Balaban J connectivity index is 2.00. The Bertz CT molecular complexity index is 524. The molecule has 6 heteroatoms. The van der Waals surface area contributed by atoms with Gasteiger partial charge in [-0.2, -0.15) is 0 Å². The molecule has 0 bridgehead atoms. The van der Waals surface area contributed by atoms with Crippen molar-refractivity contribution < 1.29 is 14.3 Å². The maximum Gasteiger partial charge on any atom is 0.328 e. The maximum absolute atomic E-state index is 12.2. The van der Waals surface area contributed by atoms with E-state index in [0.717, 1.165) is 17.1 Å². The lowest BCUT2D eigenvalue weighted by Gasteiger charge is -2.21. The summed E-state index contributed by atoms with van der Waals surface area (Å²) in [4.78, 5) is 29.8. The molecule has 108 valence electrons. The number of amides is 1. The number of nitrogens with zero attached hydrogens (tertiary/aromatic N) is 2. The van der Waals surface area contributed by atoms with Crippen LogP contribution in [-0.2, 0) is 14.3 Å². The Morgan fingerprint density at radius 2 is 2.40 bits per heavy atom. The van der Waals surface area contributed by atoms with Crippen LogP contribution in [0.2, 0.25) is 0 Å². The van der Waals surface area contributed by atoms with Crippen LogP contribution in [0.3, 0.4) is 0 Å². The molecule has 20 heavy (non-hydrogen) atoms. The van der Waals surface area contributed by atoms with Gasteiger partial charge in [0, 0.05) is 18.0 Å². The van der Waals surface area contributed by atoms with Crippen LogP contribution in [-0.4, -0.2) is 41.0 Å². The normalized spacial score (nSPS) is 18.7. The summed E-state index contributed by atoms with van der Waals surface area (Å²) in [6.45, 7) is 4.62. The van der Waals surface area contributed by atoms with Crippen LogP contribution in [0.4, 0.5) is 0 Å². The molecule has 0 aromatic carbocycles. The van der Waals surface area contributed by atoms with E-state index >= 15 is 0 Å². The van der Waals surface area contributed by atoms with E-state index in [0.29, 0.717) is 19.6 Å². The van der Waals surface area contributed by atoms with Gasteiger partial charge in [-0.15, -0.1) is 11.3 Å². The molecular formula is C14H18N2O3S. The molecule has 1 atom stereocenters. The smallest absolute Gasteiger partial charge is 0.328 e. The molecule has 1 unspecified atom stereocenters. The molecule has 2 rings (SSSR count). The number of aryl methyl sites for hydroxylation is 1. The number of carbonyl (C=O) groups excluding carboxylic acids is 2. The van der Waals surface area contributed by atoms with E-state index in [1.165, 1.54) is 17.4 Å². The number of aromatic nitrogens is 1. The molecule has 2 heterocycles. The van der Waals surface area contributed by atoms with E-state index in [2.05, 4.69) is 4.98 Å². The van der Waals surface area contributed by atoms with Crippen molar-refractivity contribution in [2.45, 2.75) is 32.7 Å². The second-order valence-electron chi connectivity index (χ2n) is 4.57. The van der Waals surface area contributed by atoms with Gasteiger partial charge in [-0.05, 0) is 32.8 Å². The molecular weight excluding hydrogens is 276 g/mol. The van der Waals surface area contributed by atoms with Gasteiger partial charge in [0.15, 0.2) is 0 Å². The molecule has 0 radical (unpaired) electrons. The molecule has 1 amide bonds. The third-order valence-corrected chi connectivity index (χ3v) is 3.92. The van der Waals surface area contributed by atoms with Crippen LogP contribution < -0.4 is 0 Å². The summed E-state index contributed by atoms with van der Waals surface area (Å²) in [7, 11) is 0. The SMILES string of the molecule is CCOC(=O)C1CCCN1C(=O)C=Cc1csc(C)n1. The fourth-order valence-corrected chi connectivity index (χ4v) is 2.80. The first-order valence-corrected chi connectivity index (χ1v) is 7.57. The zero-order valence-electron chi connectivity index (χ0n) is 11.7. The zero-order valence-corrected chi connectivity index (χ0v) is 12.5. The fraction of sp³-hybridized carbons (Fsp3) is 0.500. The van der Waals surface area contributed by atoms with Gasteiger partial charge in [-0.25, -0.2) is 9.78 Å². The number of hydrogen-bond acceptors (Lipinski definition) is 5. The molecule has 0 aliphatic carbocycles. The molecule has 1 aromatic rings. The Morgan fingerprint density at radius 1 is 1.60 bits per heavy atom. The van der Waals surface area contributed by atoms with Gasteiger partial charge in [0.25, 0.3) is 0 Å². The monoisotopic (exact) mass is 294 g/mol. The second kappa shape index (κ2) is 6.65. The highest BCUT2D eigenvalue weighted by Gasteiger charge is 2.34. The topological polar surface area (TPSA) is 59.5 Å². The summed E-state index contributed by atoms with van der Waals surface area (Å²) < 4.78 is 5.00. The molecule has 5 nitrogen and oxygen atoms in total. The van der Waals surface area contributed by atoms with Crippen molar-refractivity contribution in [2.75, 3.05) is 13.2 Å². The van der Waals surface area contributed by atoms with E-state index in [1.54, 1.807) is 17.9 Å². The summed E-state index contributed by atoms with van der Waals surface area (Å²) in [5.41, 5.74) is 0.771. The second-order valence-corrected chi connectivity index (χ2v) is 5.63. The molecule has 0 saturated carbocycles. The minimum atomic E-state index is -0.440. The minimum absolute atomic E-state index is 0.161. The van der Waals surface area contributed by atoms with Crippen molar-refractivity contribution >= 4 is 29.3 Å².